The molecule has 1 fully saturated rings. The smallest absolute Gasteiger partial charge is 0.309 e. The van der Waals surface area contributed by atoms with Crippen LogP contribution in [0.5, 0.6) is 5.75 Å². The summed E-state index contributed by atoms with van der Waals surface area (Å²) in [7, 11) is 0. The molecule has 0 spiro atoms. The monoisotopic (exact) mass is 412 g/mol. The lowest BCUT2D eigenvalue weighted by Crippen LogP contribution is -2.37. The summed E-state index contributed by atoms with van der Waals surface area (Å²) in [6.07, 6.45) is 1.03. The van der Waals surface area contributed by atoms with E-state index < -0.39 is 10.9 Å². The van der Waals surface area contributed by atoms with Crippen LogP contribution in [0.3, 0.4) is 0 Å². The topological polar surface area (TPSA) is 99.0 Å². The summed E-state index contributed by atoms with van der Waals surface area (Å²) in [6.45, 7) is 3.14. The van der Waals surface area contributed by atoms with Crippen molar-refractivity contribution >= 4 is 23.1 Å². The minimum Gasteiger partial charge on any atom is -0.494 e. The molecule has 0 bridgehead atoms. The van der Waals surface area contributed by atoms with E-state index in [9.17, 15) is 19.7 Å². The van der Waals surface area contributed by atoms with Crippen molar-refractivity contribution in [3.05, 3.63) is 64.2 Å². The van der Waals surface area contributed by atoms with E-state index in [-0.39, 0.29) is 24.0 Å². The number of benzene rings is 2. The first-order valence-electron chi connectivity index (χ1n) is 9.90. The van der Waals surface area contributed by atoms with Crippen LogP contribution in [0, 0.1) is 16.0 Å². The molecule has 0 aliphatic carbocycles. The Hall–Kier alpha value is -3.42. The van der Waals surface area contributed by atoms with Crippen LogP contribution >= 0.6 is 0 Å². The van der Waals surface area contributed by atoms with E-state index in [2.05, 4.69) is 0 Å². The highest BCUT2D eigenvalue weighted by Crippen LogP contribution is 2.31. The number of nitro benzene ring substituents is 1. The zero-order valence-electron chi connectivity index (χ0n) is 16.8. The molecule has 0 saturated carbocycles. The van der Waals surface area contributed by atoms with Gasteiger partial charge in [-0.1, -0.05) is 12.1 Å². The number of para-hydroxylation sites is 2. The van der Waals surface area contributed by atoms with Gasteiger partial charge in [0.15, 0.2) is 12.4 Å². The minimum atomic E-state index is -0.406. The fourth-order valence-electron chi connectivity index (χ4n) is 3.48. The van der Waals surface area contributed by atoms with Gasteiger partial charge < -0.3 is 14.4 Å². The quantitative estimate of drug-likeness (QED) is 0.282. The average molecular weight is 412 g/mol. The number of hydrogen-bond donors (Lipinski definition) is 0. The second kappa shape index (κ2) is 9.87. The largest absolute Gasteiger partial charge is 0.494 e. The molecule has 30 heavy (non-hydrogen) atoms. The molecular weight excluding hydrogens is 388 g/mol. The number of ketones is 1. The third kappa shape index (κ3) is 5.14. The van der Waals surface area contributed by atoms with Gasteiger partial charge in [0.25, 0.3) is 5.69 Å². The fraction of sp³-hybridized carbons (Fsp3) is 0.364. The number of esters is 1. The van der Waals surface area contributed by atoms with Crippen molar-refractivity contribution in [3.8, 4) is 5.75 Å². The number of anilines is 1. The van der Waals surface area contributed by atoms with Gasteiger partial charge >= 0.3 is 5.97 Å². The second-order valence-corrected chi connectivity index (χ2v) is 7.00. The van der Waals surface area contributed by atoms with Crippen LogP contribution in [0.2, 0.25) is 0 Å². The summed E-state index contributed by atoms with van der Waals surface area (Å²) in [5, 5.41) is 11.2. The van der Waals surface area contributed by atoms with Gasteiger partial charge in [-0.3, -0.25) is 19.7 Å². The van der Waals surface area contributed by atoms with Crippen LogP contribution in [0.1, 0.15) is 30.1 Å². The number of Topliss-reactive ketones (excluding diaryl/α,β-unsaturated/α-hetero) is 1. The van der Waals surface area contributed by atoms with Crippen LogP contribution in [0.25, 0.3) is 0 Å². The van der Waals surface area contributed by atoms with E-state index in [0.29, 0.717) is 49.5 Å². The lowest BCUT2D eigenvalue weighted by Gasteiger charge is -2.32. The predicted octanol–water partition coefficient (Wildman–Crippen LogP) is 3.64. The van der Waals surface area contributed by atoms with Crippen molar-refractivity contribution in [1.29, 1.82) is 0 Å². The molecule has 1 aliphatic heterocycles. The molecule has 2 aromatic rings. The highest BCUT2D eigenvalue weighted by molar-refractivity contribution is 5.98. The maximum Gasteiger partial charge on any atom is 0.309 e. The van der Waals surface area contributed by atoms with Crippen molar-refractivity contribution in [1.82, 2.24) is 0 Å². The molecule has 3 rings (SSSR count). The SMILES string of the molecule is CCOc1ccc(C(=O)COC(=O)C2CCN(c3ccccc3[N+](=O)[O-])CC2)cc1. The van der Waals surface area contributed by atoms with Crippen LogP contribution in [0.15, 0.2) is 48.5 Å². The number of carbonyl (C=O) groups is 2. The van der Waals surface area contributed by atoms with Crippen molar-refractivity contribution in [2.24, 2.45) is 5.92 Å². The van der Waals surface area contributed by atoms with Gasteiger partial charge in [-0.25, -0.2) is 0 Å². The standard InChI is InChI=1S/C22H24N2O6/c1-2-29-18-9-7-16(8-10-18)21(25)15-30-22(26)17-11-13-23(14-12-17)19-5-3-4-6-20(19)24(27)28/h3-10,17H,2,11-15H2,1H3. The maximum absolute atomic E-state index is 12.4. The van der Waals surface area contributed by atoms with Crippen molar-refractivity contribution < 1.29 is 24.0 Å². The fourth-order valence-corrected chi connectivity index (χ4v) is 3.48. The molecule has 0 unspecified atom stereocenters. The van der Waals surface area contributed by atoms with Gasteiger partial charge in [-0.05, 0) is 50.1 Å². The molecule has 0 N–H and O–H groups in total. The summed E-state index contributed by atoms with van der Waals surface area (Å²) in [4.78, 5) is 37.3. The number of piperidine rings is 1. The zero-order valence-corrected chi connectivity index (χ0v) is 16.8. The predicted molar refractivity (Wildman–Crippen MR) is 111 cm³/mol. The van der Waals surface area contributed by atoms with E-state index >= 15 is 0 Å². The minimum absolute atomic E-state index is 0.0551. The van der Waals surface area contributed by atoms with E-state index in [1.807, 2.05) is 11.8 Å². The normalized spacial score (nSPS) is 14.2. The highest BCUT2D eigenvalue weighted by Gasteiger charge is 2.29. The molecule has 0 aromatic heterocycles. The Bertz CT molecular complexity index is 904. The van der Waals surface area contributed by atoms with E-state index in [1.165, 1.54) is 6.07 Å². The summed E-state index contributed by atoms with van der Waals surface area (Å²) < 4.78 is 10.6. The summed E-state index contributed by atoms with van der Waals surface area (Å²) in [6, 6.07) is 13.3. The number of carbonyl (C=O) groups excluding carboxylic acids is 2. The Morgan fingerprint density at radius 1 is 1.10 bits per heavy atom. The Morgan fingerprint density at radius 3 is 2.40 bits per heavy atom. The lowest BCUT2D eigenvalue weighted by atomic mass is 9.96. The van der Waals surface area contributed by atoms with E-state index in [1.54, 1.807) is 42.5 Å². The highest BCUT2D eigenvalue weighted by atomic mass is 16.6. The number of hydrogen-bond acceptors (Lipinski definition) is 7. The molecular formula is C22H24N2O6. The van der Waals surface area contributed by atoms with Gasteiger partial charge in [0.05, 0.1) is 17.4 Å². The molecule has 8 nitrogen and oxygen atoms in total. The van der Waals surface area contributed by atoms with Gasteiger partial charge in [0.2, 0.25) is 0 Å². The molecule has 8 heteroatoms. The Labute approximate surface area is 174 Å². The molecule has 1 aliphatic rings. The zero-order chi connectivity index (χ0) is 21.5. The first-order chi connectivity index (χ1) is 14.5. The molecule has 0 radical (unpaired) electrons. The van der Waals surface area contributed by atoms with Crippen LogP contribution in [-0.2, 0) is 9.53 Å². The number of nitrogens with zero attached hydrogens (tertiary/aromatic N) is 2. The van der Waals surface area contributed by atoms with Crippen LogP contribution in [-0.4, -0.2) is 43.0 Å². The summed E-state index contributed by atoms with van der Waals surface area (Å²) in [5.74, 6) is -0.325. The second-order valence-electron chi connectivity index (χ2n) is 7.00. The maximum atomic E-state index is 12.4. The van der Waals surface area contributed by atoms with E-state index in [0.717, 1.165) is 0 Å². The molecule has 1 saturated heterocycles. The molecule has 0 atom stereocenters. The summed E-state index contributed by atoms with van der Waals surface area (Å²) >= 11 is 0. The third-order valence-electron chi connectivity index (χ3n) is 5.08. The van der Waals surface area contributed by atoms with E-state index in [4.69, 9.17) is 9.47 Å². The van der Waals surface area contributed by atoms with Crippen molar-refractivity contribution in [2.45, 2.75) is 19.8 Å². The van der Waals surface area contributed by atoms with Crippen molar-refractivity contribution in [3.63, 3.8) is 0 Å². The first-order valence-corrected chi connectivity index (χ1v) is 9.90. The third-order valence-corrected chi connectivity index (χ3v) is 5.08. The Morgan fingerprint density at radius 2 is 1.77 bits per heavy atom. The number of nitro groups is 1. The lowest BCUT2D eigenvalue weighted by molar-refractivity contribution is -0.384. The van der Waals surface area contributed by atoms with Crippen LogP contribution in [0.4, 0.5) is 11.4 Å². The number of rotatable bonds is 8. The molecule has 1 heterocycles. The Kier molecular flexibility index (Phi) is 7.00. The average Bonchev–Trinajstić information content (AvgIpc) is 2.78. The molecule has 158 valence electrons. The van der Waals surface area contributed by atoms with Gasteiger partial charge in [-0.2, -0.15) is 0 Å². The Balaban J connectivity index is 1.50. The van der Waals surface area contributed by atoms with Gasteiger partial charge in [0, 0.05) is 24.7 Å². The van der Waals surface area contributed by atoms with Gasteiger partial charge in [0.1, 0.15) is 11.4 Å². The molecule has 0 amide bonds. The van der Waals surface area contributed by atoms with Crippen LogP contribution < -0.4 is 9.64 Å². The first kappa shape index (κ1) is 21.3. The van der Waals surface area contributed by atoms with Crippen molar-refractivity contribution in [2.75, 3.05) is 31.2 Å². The van der Waals surface area contributed by atoms with Gasteiger partial charge in [-0.15, -0.1) is 0 Å². The molecule has 2 aromatic carbocycles. The summed E-state index contributed by atoms with van der Waals surface area (Å²) in [5.41, 5.74) is 1.07. The number of ether oxygens (including phenoxy) is 2.